The third-order valence-electron chi connectivity index (χ3n) is 3.40. The Hall–Kier alpha value is -2.43. The van der Waals surface area contributed by atoms with Crippen LogP contribution in [0.1, 0.15) is 27.0 Å². The summed E-state index contributed by atoms with van der Waals surface area (Å²) in [5, 5.41) is 3.06. The zero-order chi connectivity index (χ0) is 15.6. The maximum atomic E-state index is 13.8. The lowest BCUT2D eigenvalue weighted by atomic mass is 10.1. The second-order valence-corrected chi connectivity index (χ2v) is 4.92. The van der Waals surface area contributed by atoms with Crippen LogP contribution in [-0.2, 0) is 6.54 Å². The van der Waals surface area contributed by atoms with Gasteiger partial charge in [0, 0.05) is 23.4 Å². The van der Waals surface area contributed by atoms with Gasteiger partial charge in [-0.2, -0.15) is 0 Å². The molecule has 0 aliphatic rings. The molecule has 0 aliphatic carbocycles. The Labute approximate surface area is 121 Å². The van der Waals surface area contributed by atoms with E-state index in [1.54, 1.807) is 19.9 Å². The largest absolute Gasteiger partial charge is 0.381 e. The van der Waals surface area contributed by atoms with E-state index in [1.165, 1.54) is 18.2 Å². The van der Waals surface area contributed by atoms with E-state index in [1.807, 2.05) is 0 Å². The average Bonchev–Trinajstić information content (AvgIpc) is 2.41. The van der Waals surface area contributed by atoms with Crippen molar-refractivity contribution in [2.24, 2.45) is 5.73 Å². The lowest BCUT2D eigenvalue weighted by Crippen LogP contribution is -2.13. The van der Waals surface area contributed by atoms with Gasteiger partial charge in [0.2, 0.25) is 5.91 Å². The summed E-state index contributed by atoms with van der Waals surface area (Å²) < 4.78 is 26.8. The van der Waals surface area contributed by atoms with E-state index in [-0.39, 0.29) is 11.4 Å². The summed E-state index contributed by atoms with van der Waals surface area (Å²) in [5.41, 5.74) is 7.87. The normalized spacial score (nSPS) is 10.5. The molecule has 0 spiro atoms. The van der Waals surface area contributed by atoms with Crippen LogP contribution in [0, 0.1) is 25.5 Å². The number of primary amides is 1. The third-order valence-corrected chi connectivity index (χ3v) is 3.40. The number of aryl methyl sites for hydroxylation is 1. The first-order valence-electron chi connectivity index (χ1n) is 6.47. The van der Waals surface area contributed by atoms with E-state index in [0.717, 1.165) is 17.2 Å². The minimum absolute atomic E-state index is 0.108. The molecule has 0 unspecified atom stereocenters. The van der Waals surface area contributed by atoms with Crippen molar-refractivity contribution in [3.63, 3.8) is 0 Å². The summed E-state index contributed by atoms with van der Waals surface area (Å²) >= 11 is 0. The van der Waals surface area contributed by atoms with Crippen molar-refractivity contribution >= 4 is 11.6 Å². The summed E-state index contributed by atoms with van der Waals surface area (Å²) in [6, 6.07) is 7.11. The molecule has 5 heteroatoms. The van der Waals surface area contributed by atoms with Gasteiger partial charge in [0.25, 0.3) is 0 Å². The number of halogens is 2. The number of anilines is 1. The summed E-state index contributed by atoms with van der Waals surface area (Å²) in [6.07, 6.45) is 0. The third kappa shape index (κ3) is 3.37. The van der Waals surface area contributed by atoms with Gasteiger partial charge in [0.15, 0.2) is 0 Å². The SMILES string of the molecule is Cc1cc(F)ccc1CNc1cc(C(N)=O)cc(F)c1C. The molecule has 2 aromatic rings. The molecule has 0 aromatic heterocycles. The first-order valence-corrected chi connectivity index (χ1v) is 6.47. The Bertz CT molecular complexity index is 699. The van der Waals surface area contributed by atoms with Gasteiger partial charge in [-0.25, -0.2) is 8.78 Å². The smallest absolute Gasteiger partial charge is 0.248 e. The number of rotatable bonds is 4. The molecule has 0 heterocycles. The molecule has 0 atom stereocenters. The zero-order valence-electron chi connectivity index (χ0n) is 11.8. The summed E-state index contributed by atoms with van der Waals surface area (Å²) in [6.45, 7) is 3.81. The number of hydrogen-bond donors (Lipinski definition) is 2. The van der Waals surface area contributed by atoms with Crippen LogP contribution < -0.4 is 11.1 Å². The van der Waals surface area contributed by atoms with Crippen molar-refractivity contribution in [3.8, 4) is 0 Å². The number of hydrogen-bond acceptors (Lipinski definition) is 2. The summed E-state index contributed by atoms with van der Waals surface area (Å²) in [4.78, 5) is 11.2. The maximum Gasteiger partial charge on any atom is 0.248 e. The first-order chi connectivity index (χ1) is 9.88. The molecule has 21 heavy (non-hydrogen) atoms. The van der Waals surface area contributed by atoms with Crippen LogP contribution in [0.4, 0.5) is 14.5 Å². The Morgan fingerprint density at radius 3 is 2.52 bits per heavy atom. The molecule has 110 valence electrons. The van der Waals surface area contributed by atoms with E-state index in [0.29, 0.717) is 17.8 Å². The van der Waals surface area contributed by atoms with Crippen LogP contribution in [0.3, 0.4) is 0 Å². The number of nitrogens with two attached hydrogens (primary N) is 1. The van der Waals surface area contributed by atoms with Gasteiger partial charge >= 0.3 is 0 Å². The molecule has 1 amide bonds. The molecule has 0 saturated heterocycles. The molecule has 2 rings (SSSR count). The van der Waals surface area contributed by atoms with E-state index < -0.39 is 11.7 Å². The monoisotopic (exact) mass is 290 g/mol. The second-order valence-electron chi connectivity index (χ2n) is 4.92. The van der Waals surface area contributed by atoms with Gasteiger partial charge in [-0.05, 0) is 49.2 Å². The molecule has 3 nitrogen and oxygen atoms in total. The number of carbonyl (C=O) groups excluding carboxylic acids is 1. The van der Waals surface area contributed by atoms with Crippen LogP contribution in [0.5, 0.6) is 0 Å². The lowest BCUT2D eigenvalue weighted by Gasteiger charge is -2.13. The van der Waals surface area contributed by atoms with Crippen LogP contribution in [-0.4, -0.2) is 5.91 Å². The van der Waals surface area contributed by atoms with Crippen molar-refractivity contribution in [2.45, 2.75) is 20.4 Å². The Kier molecular flexibility index (Phi) is 4.21. The van der Waals surface area contributed by atoms with Gasteiger partial charge in [-0.1, -0.05) is 6.07 Å². The number of amides is 1. The molecular formula is C16H16F2N2O. The maximum absolute atomic E-state index is 13.8. The van der Waals surface area contributed by atoms with Crippen LogP contribution in [0.2, 0.25) is 0 Å². The minimum Gasteiger partial charge on any atom is -0.381 e. The van der Waals surface area contributed by atoms with E-state index in [9.17, 15) is 13.6 Å². The number of carbonyl (C=O) groups is 1. The molecule has 0 aliphatic heterocycles. The van der Waals surface area contributed by atoms with Crippen molar-refractivity contribution in [3.05, 3.63) is 64.2 Å². The highest BCUT2D eigenvalue weighted by atomic mass is 19.1. The highest BCUT2D eigenvalue weighted by molar-refractivity contribution is 5.94. The minimum atomic E-state index is -0.685. The second kappa shape index (κ2) is 5.91. The van der Waals surface area contributed by atoms with Crippen LogP contribution in [0.25, 0.3) is 0 Å². The first kappa shape index (κ1) is 15.0. The van der Waals surface area contributed by atoms with Gasteiger partial charge in [0.05, 0.1) is 0 Å². The van der Waals surface area contributed by atoms with Crippen molar-refractivity contribution in [1.82, 2.24) is 0 Å². The molecule has 0 radical (unpaired) electrons. The van der Waals surface area contributed by atoms with E-state index in [2.05, 4.69) is 5.32 Å². The quantitative estimate of drug-likeness (QED) is 0.907. The molecule has 2 aromatic carbocycles. The van der Waals surface area contributed by atoms with Gasteiger partial charge in [-0.3, -0.25) is 4.79 Å². The molecule has 0 saturated carbocycles. The predicted molar refractivity (Wildman–Crippen MR) is 78.1 cm³/mol. The molecule has 0 bridgehead atoms. The predicted octanol–water partition coefficient (Wildman–Crippen LogP) is 3.29. The standard InChI is InChI=1S/C16H16F2N2O/c1-9-5-13(17)4-3-11(9)8-20-15-7-12(16(19)21)6-14(18)10(15)2/h3-7,20H,8H2,1-2H3,(H2,19,21). The van der Waals surface area contributed by atoms with Crippen molar-refractivity contribution in [1.29, 1.82) is 0 Å². The number of benzene rings is 2. The molecular weight excluding hydrogens is 274 g/mol. The fourth-order valence-corrected chi connectivity index (χ4v) is 2.05. The van der Waals surface area contributed by atoms with Crippen molar-refractivity contribution < 1.29 is 13.6 Å². The summed E-state index contributed by atoms with van der Waals surface area (Å²) in [7, 11) is 0. The van der Waals surface area contributed by atoms with E-state index >= 15 is 0 Å². The van der Waals surface area contributed by atoms with Gasteiger partial charge < -0.3 is 11.1 Å². The molecule has 3 N–H and O–H groups in total. The van der Waals surface area contributed by atoms with Gasteiger partial charge in [0.1, 0.15) is 11.6 Å². The topological polar surface area (TPSA) is 55.1 Å². The number of nitrogens with one attached hydrogen (secondary N) is 1. The zero-order valence-corrected chi connectivity index (χ0v) is 11.8. The summed E-state index contributed by atoms with van der Waals surface area (Å²) in [5.74, 6) is -1.48. The van der Waals surface area contributed by atoms with Crippen LogP contribution in [0.15, 0.2) is 30.3 Å². The highest BCUT2D eigenvalue weighted by Crippen LogP contribution is 2.22. The Morgan fingerprint density at radius 1 is 1.19 bits per heavy atom. The fraction of sp³-hybridized carbons (Fsp3) is 0.188. The lowest BCUT2D eigenvalue weighted by molar-refractivity contribution is 0.1000. The fourth-order valence-electron chi connectivity index (χ4n) is 2.05. The molecule has 0 fully saturated rings. The Balaban J connectivity index is 2.25. The average molecular weight is 290 g/mol. The Morgan fingerprint density at radius 2 is 1.90 bits per heavy atom. The van der Waals surface area contributed by atoms with E-state index in [4.69, 9.17) is 5.73 Å². The highest BCUT2D eigenvalue weighted by Gasteiger charge is 2.10. The van der Waals surface area contributed by atoms with Crippen LogP contribution >= 0.6 is 0 Å². The van der Waals surface area contributed by atoms with Crippen molar-refractivity contribution in [2.75, 3.05) is 5.32 Å². The van der Waals surface area contributed by atoms with Gasteiger partial charge in [-0.15, -0.1) is 0 Å².